The molecule has 0 aromatic heterocycles. The lowest BCUT2D eigenvalue weighted by molar-refractivity contribution is -0.139. The van der Waals surface area contributed by atoms with E-state index in [0.717, 1.165) is 11.3 Å². The highest BCUT2D eigenvalue weighted by atomic mass is 35.5. The van der Waals surface area contributed by atoms with Crippen molar-refractivity contribution in [1.29, 1.82) is 0 Å². The predicted molar refractivity (Wildman–Crippen MR) is 86.4 cm³/mol. The molecule has 1 aliphatic rings. The smallest absolute Gasteiger partial charge is 0.310 e. The highest BCUT2D eigenvalue weighted by Gasteiger charge is 2.29. The van der Waals surface area contributed by atoms with Gasteiger partial charge in [-0.3, -0.25) is 4.79 Å². The molecule has 2 nitrogen and oxygen atoms in total. The molecule has 0 saturated heterocycles. The SMILES string of the molecule is O=C(O)C(CC1CSc2ccccc21)c1cccc(Cl)c1. The minimum atomic E-state index is -0.786. The number of aliphatic carboxylic acids is 1. The van der Waals surface area contributed by atoms with Gasteiger partial charge in [0.1, 0.15) is 0 Å². The van der Waals surface area contributed by atoms with Gasteiger partial charge in [0.15, 0.2) is 0 Å². The molecule has 0 radical (unpaired) electrons. The first-order valence-corrected chi connectivity index (χ1v) is 8.21. The maximum Gasteiger partial charge on any atom is 0.310 e. The Morgan fingerprint density at radius 1 is 1.29 bits per heavy atom. The normalized spacial score (nSPS) is 18.2. The molecule has 0 fully saturated rings. The minimum Gasteiger partial charge on any atom is -0.481 e. The van der Waals surface area contributed by atoms with Crippen LogP contribution in [0, 0.1) is 0 Å². The van der Waals surface area contributed by atoms with E-state index in [4.69, 9.17) is 11.6 Å². The largest absolute Gasteiger partial charge is 0.481 e. The van der Waals surface area contributed by atoms with Crippen LogP contribution in [0.1, 0.15) is 29.4 Å². The molecule has 0 aliphatic carbocycles. The molecular formula is C17H15ClO2S. The fraction of sp³-hybridized carbons (Fsp3) is 0.235. The Labute approximate surface area is 133 Å². The standard InChI is InChI=1S/C17H15ClO2S/c18-13-5-3-4-11(8-13)15(17(19)20)9-12-10-21-16-7-2-1-6-14(12)16/h1-8,12,15H,9-10H2,(H,19,20). The summed E-state index contributed by atoms with van der Waals surface area (Å²) in [7, 11) is 0. The third kappa shape index (κ3) is 3.09. The summed E-state index contributed by atoms with van der Waals surface area (Å²) in [6, 6.07) is 15.4. The van der Waals surface area contributed by atoms with E-state index in [1.165, 1.54) is 10.5 Å². The summed E-state index contributed by atoms with van der Waals surface area (Å²) in [6.07, 6.45) is 0.611. The molecule has 0 amide bonds. The van der Waals surface area contributed by atoms with Crippen LogP contribution in [0.3, 0.4) is 0 Å². The van der Waals surface area contributed by atoms with Crippen LogP contribution in [0.4, 0.5) is 0 Å². The van der Waals surface area contributed by atoms with Gasteiger partial charge in [-0.2, -0.15) is 0 Å². The fourth-order valence-corrected chi connectivity index (χ4v) is 4.28. The van der Waals surface area contributed by atoms with Crippen molar-refractivity contribution in [1.82, 2.24) is 0 Å². The van der Waals surface area contributed by atoms with Gasteiger partial charge in [0.05, 0.1) is 5.92 Å². The number of rotatable bonds is 4. The molecule has 0 saturated carbocycles. The molecule has 2 aromatic rings. The lowest BCUT2D eigenvalue weighted by Crippen LogP contribution is -2.15. The number of carbonyl (C=O) groups is 1. The van der Waals surface area contributed by atoms with Crippen molar-refractivity contribution in [3.63, 3.8) is 0 Å². The van der Waals surface area contributed by atoms with Crippen molar-refractivity contribution >= 4 is 29.3 Å². The summed E-state index contributed by atoms with van der Waals surface area (Å²) in [5, 5.41) is 10.2. The number of carboxylic acid groups (broad SMARTS) is 1. The van der Waals surface area contributed by atoms with Gasteiger partial charge in [0.25, 0.3) is 0 Å². The Morgan fingerprint density at radius 3 is 2.86 bits per heavy atom. The molecule has 1 N–H and O–H groups in total. The van der Waals surface area contributed by atoms with E-state index in [1.54, 1.807) is 12.1 Å². The molecule has 2 atom stereocenters. The van der Waals surface area contributed by atoms with E-state index in [9.17, 15) is 9.90 Å². The van der Waals surface area contributed by atoms with Crippen molar-refractivity contribution in [3.8, 4) is 0 Å². The van der Waals surface area contributed by atoms with Crippen molar-refractivity contribution in [3.05, 3.63) is 64.7 Å². The topological polar surface area (TPSA) is 37.3 Å². The average Bonchev–Trinajstić information content (AvgIpc) is 2.87. The maximum atomic E-state index is 11.7. The maximum absolute atomic E-state index is 11.7. The van der Waals surface area contributed by atoms with Crippen LogP contribution in [-0.4, -0.2) is 16.8 Å². The Balaban J connectivity index is 1.86. The second-order valence-electron chi connectivity index (χ2n) is 5.23. The average molecular weight is 319 g/mol. The summed E-state index contributed by atoms with van der Waals surface area (Å²) in [4.78, 5) is 12.9. The number of carboxylic acids is 1. The minimum absolute atomic E-state index is 0.284. The number of hydrogen-bond acceptors (Lipinski definition) is 2. The lowest BCUT2D eigenvalue weighted by Gasteiger charge is -2.18. The molecule has 4 heteroatoms. The molecular weight excluding hydrogens is 304 g/mol. The van der Waals surface area contributed by atoms with Crippen molar-refractivity contribution < 1.29 is 9.90 Å². The fourth-order valence-electron chi connectivity index (χ4n) is 2.81. The van der Waals surface area contributed by atoms with Crippen molar-refractivity contribution in [2.75, 3.05) is 5.75 Å². The zero-order valence-electron chi connectivity index (χ0n) is 11.3. The molecule has 21 heavy (non-hydrogen) atoms. The summed E-state index contributed by atoms with van der Waals surface area (Å²) in [6.45, 7) is 0. The molecule has 0 bridgehead atoms. The van der Waals surface area contributed by atoms with E-state index >= 15 is 0 Å². The predicted octanol–water partition coefficient (Wildman–Crippen LogP) is 4.79. The zero-order valence-corrected chi connectivity index (χ0v) is 12.9. The first-order chi connectivity index (χ1) is 10.1. The quantitative estimate of drug-likeness (QED) is 0.880. The van der Waals surface area contributed by atoms with Gasteiger partial charge >= 0.3 is 5.97 Å². The molecule has 108 valence electrons. The molecule has 2 unspecified atom stereocenters. The van der Waals surface area contributed by atoms with E-state index in [0.29, 0.717) is 11.4 Å². The van der Waals surface area contributed by atoms with Crippen molar-refractivity contribution in [2.45, 2.75) is 23.2 Å². The Morgan fingerprint density at radius 2 is 2.10 bits per heavy atom. The highest BCUT2D eigenvalue weighted by molar-refractivity contribution is 7.99. The summed E-state index contributed by atoms with van der Waals surface area (Å²) < 4.78 is 0. The Hall–Kier alpha value is -1.45. The number of halogens is 1. The van der Waals surface area contributed by atoms with E-state index in [-0.39, 0.29) is 5.92 Å². The van der Waals surface area contributed by atoms with E-state index in [2.05, 4.69) is 12.1 Å². The second kappa shape index (κ2) is 6.12. The molecule has 0 spiro atoms. The lowest BCUT2D eigenvalue weighted by atomic mass is 9.86. The van der Waals surface area contributed by atoms with E-state index in [1.807, 2.05) is 36.0 Å². The summed E-state index contributed by atoms with van der Waals surface area (Å²) >= 11 is 7.80. The Kier molecular flexibility index (Phi) is 4.22. The summed E-state index contributed by atoms with van der Waals surface area (Å²) in [5.41, 5.74) is 2.06. The van der Waals surface area contributed by atoms with Gasteiger partial charge in [-0.15, -0.1) is 11.8 Å². The highest BCUT2D eigenvalue weighted by Crippen LogP contribution is 2.44. The van der Waals surface area contributed by atoms with Crippen LogP contribution >= 0.6 is 23.4 Å². The third-order valence-electron chi connectivity index (χ3n) is 3.87. The third-order valence-corrected chi connectivity index (χ3v) is 5.36. The van der Waals surface area contributed by atoms with Gasteiger partial charge < -0.3 is 5.11 Å². The van der Waals surface area contributed by atoms with Gasteiger partial charge in [0, 0.05) is 15.7 Å². The first kappa shape index (κ1) is 14.5. The van der Waals surface area contributed by atoms with Gasteiger partial charge in [-0.05, 0) is 41.7 Å². The number of hydrogen-bond donors (Lipinski definition) is 1. The first-order valence-electron chi connectivity index (χ1n) is 6.85. The van der Waals surface area contributed by atoms with Crippen LogP contribution in [0.2, 0.25) is 5.02 Å². The van der Waals surface area contributed by atoms with Gasteiger partial charge in [-0.1, -0.05) is 41.9 Å². The van der Waals surface area contributed by atoms with Gasteiger partial charge in [-0.25, -0.2) is 0 Å². The Bertz CT molecular complexity index is 671. The van der Waals surface area contributed by atoms with Crippen LogP contribution in [0.15, 0.2) is 53.4 Å². The van der Waals surface area contributed by atoms with Gasteiger partial charge in [0.2, 0.25) is 0 Å². The zero-order chi connectivity index (χ0) is 14.8. The second-order valence-corrected chi connectivity index (χ2v) is 6.73. The van der Waals surface area contributed by atoms with Crippen LogP contribution in [0.25, 0.3) is 0 Å². The monoisotopic (exact) mass is 318 g/mol. The number of benzene rings is 2. The molecule has 1 heterocycles. The molecule has 2 aromatic carbocycles. The van der Waals surface area contributed by atoms with Crippen molar-refractivity contribution in [2.24, 2.45) is 0 Å². The number of fused-ring (bicyclic) bond motifs is 1. The van der Waals surface area contributed by atoms with Crippen LogP contribution in [0.5, 0.6) is 0 Å². The van der Waals surface area contributed by atoms with Crippen LogP contribution in [-0.2, 0) is 4.79 Å². The molecule has 3 rings (SSSR count). The molecule has 1 aliphatic heterocycles. The van der Waals surface area contributed by atoms with Crippen LogP contribution < -0.4 is 0 Å². The summed E-state index contributed by atoms with van der Waals surface area (Å²) in [5.74, 6) is -0.0673. The van der Waals surface area contributed by atoms with E-state index < -0.39 is 11.9 Å². The number of thioether (sulfide) groups is 1.